The van der Waals surface area contributed by atoms with Crippen LogP contribution in [-0.2, 0) is 28.0 Å². The standard InChI is InChI=1S/C25H26F3NO3S/c1-23-20-11-18(30)8-7-15(20)12-24(23)13-16(9-14-5-6-14)21(24)22(23)29-33(31,32)19-4-2-3-17(10-19)25(26,27)28/h2-4,7-8,10-11,14,16,21-22,29-30H,5-6,9,12-13H2,1H3/t16?,21-,22+,23+,24-/m0/s1. The first-order valence-corrected chi connectivity index (χ1v) is 13.0. The van der Waals surface area contributed by atoms with Crippen LogP contribution in [0.15, 0.2) is 47.4 Å². The van der Waals surface area contributed by atoms with Crippen LogP contribution < -0.4 is 4.72 Å². The lowest BCUT2D eigenvalue weighted by atomic mass is 9.30. The average molecular weight is 478 g/mol. The molecule has 176 valence electrons. The molecule has 4 aliphatic carbocycles. The lowest BCUT2D eigenvalue weighted by molar-refractivity contribution is -0.219. The molecule has 4 nitrogen and oxygen atoms in total. The molecule has 3 fully saturated rings. The first kappa shape index (κ1) is 21.5. The predicted octanol–water partition coefficient (Wildman–Crippen LogP) is 5.01. The smallest absolute Gasteiger partial charge is 0.416 e. The van der Waals surface area contributed by atoms with Crippen LogP contribution in [0.5, 0.6) is 5.75 Å². The maximum atomic E-state index is 13.3. The molecule has 8 heteroatoms. The molecule has 1 spiro atoms. The zero-order valence-electron chi connectivity index (χ0n) is 18.2. The summed E-state index contributed by atoms with van der Waals surface area (Å²) in [7, 11) is -4.17. The fourth-order valence-corrected chi connectivity index (χ4v) is 8.77. The van der Waals surface area contributed by atoms with Crippen molar-refractivity contribution in [3.8, 4) is 5.75 Å². The molecule has 2 N–H and O–H groups in total. The molecule has 1 unspecified atom stereocenters. The highest BCUT2D eigenvalue weighted by Crippen LogP contribution is 2.79. The molecule has 0 radical (unpaired) electrons. The van der Waals surface area contributed by atoms with E-state index < -0.39 is 33.2 Å². The Hall–Kier alpha value is -2.06. The summed E-state index contributed by atoms with van der Waals surface area (Å²) in [5, 5.41) is 10.1. The Morgan fingerprint density at radius 2 is 1.91 bits per heavy atom. The number of alkyl halides is 3. The van der Waals surface area contributed by atoms with Crippen molar-refractivity contribution in [2.45, 2.75) is 61.6 Å². The normalized spacial score (nSPS) is 34.6. The quantitative estimate of drug-likeness (QED) is 0.636. The molecule has 4 aliphatic rings. The summed E-state index contributed by atoms with van der Waals surface area (Å²) in [6.45, 7) is 2.06. The molecule has 0 aliphatic heterocycles. The van der Waals surface area contributed by atoms with E-state index >= 15 is 0 Å². The lowest BCUT2D eigenvalue weighted by Gasteiger charge is -2.75. The van der Waals surface area contributed by atoms with Gasteiger partial charge in [0.1, 0.15) is 5.75 Å². The molecule has 0 amide bonds. The molecule has 0 heterocycles. The van der Waals surface area contributed by atoms with E-state index in [4.69, 9.17) is 0 Å². The maximum Gasteiger partial charge on any atom is 0.416 e. The van der Waals surface area contributed by atoms with Gasteiger partial charge in [0, 0.05) is 11.5 Å². The number of hydrogen-bond acceptors (Lipinski definition) is 3. The highest BCUT2D eigenvalue weighted by molar-refractivity contribution is 7.89. The molecule has 0 saturated heterocycles. The topological polar surface area (TPSA) is 66.4 Å². The largest absolute Gasteiger partial charge is 0.508 e. The van der Waals surface area contributed by atoms with Gasteiger partial charge in [-0.1, -0.05) is 31.9 Å². The first-order valence-electron chi connectivity index (χ1n) is 11.5. The second kappa shape index (κ2) is 6.54. The first-order chi connectivity index (χ1) is 15.5. The van der Waals surface area contributed by atoms with Crippen LogP contribution in [0.2, 0.25) is 0 Å². The van der Waals surface area contributed by atoms with Crippen LogP contribution in [0, 0.1) is 23.2 Å². The van der Waals surface area contributed by atoms with E-state index in [1.165, 1.54) is 18.9 Å². The minimum absolute atomic E-state index is 0.0519. The number of halogens is 3. The number of nitrogens with one attached hydrogen (secondary N) is 1. The highest BCUT2D eigenvalue weighted by atomic mass is 32.2. The lowest BCUT2D eigenvalue weighted by Crippen LogP contribution is -2.80. The summed E-state index contributed by atoms with van der Waals surface area (Å²) in [5.41, 5.74) is 0.557. The van der Waals surface area contributed by atoms with Crippen molar-refractivity contribution in [2.75, 3.05) is 0 Å². The molecule has 2 aromatic rings. The average Bonchev–Trinajstić information content (AvgIpc) is 3.52. The summed E-state index contributed by atoms with van der Waals surface area (Å²) in [5.74, 6) is 1.43. The molecule has 6 rings (SSSR count). The van der Waals surface area contributed by atoms with Crippen LogP contribution in [0.25, 0.3) is 0 Å². The van der Waals surface area contributed by atoms with Gasteiger partial charge >= 0.3 is 6.18 Å². The Bertz CT molecular complexity index is 1260. The number of phenolic OH excluding ortho intramolecular Hbond substituents is 1. The minimum atomic E-state index is -4.62. The third-order valence-corrected chi connectivity index (χ3v) is 10.5. The van der Waals surface area contributed by atoms with Gasteiger partial charge in [-0.15, -0.1) is 0 Å². The monoisotopic (exact) mass is 477 g/mol. The van der Waals surface area contributed by atoms with Gasteiger partial charge in [0.05, 0.1) is 10.5 Å². The molecule has 2 aromatic carbocycles. The number of sulfonamides is 1. The van der Waals surface area contributed by atoms with Crippen molar-refractivity contribution in [1.82, 2.24) is 4.72 Å². The van der Waals surface area contributed by atoms with Gasteiger partial charge in [-0.2, -0.15) is 13.2 Å². The van der Waals surface area contributed by atoms with E-state index in [2.05, 4.69) is 11.6 Å². The molecule has 33 heavy (non-hydrogen) atoms. The Labute approximate surface area is 191 Å². The second-order valence-corrected chi connectivity index (χ2v) is 12.4. The van der Waals surface area contributed by atoms with E-state index in [1.54, 1.807) is 12.1 Å². The van der Waals surface area contributed by atoms with Crippen LogP contribution in [0.3, 0.4) is 0 Å². The Morgan fingerprint density at radius 1 is 1.15 bits per heavy atom. The predicted molar refractivity (Wildman–Crippen MR) is 116 cm³/mol. The fraction of sp³-hybridized carbons (Fsp3) is 0.520. The van der Waals surface area contributed by atoms with Crippen molar-refractivity contribution in [1.29, 1.82) is 0 Å². The minimum Gasteiger partial charge on any atom is -0.508 e. The second-order valence-electron chi connectivity index (χ2n) is 10.7. The van der Waals surface area contributed by atoms with Crippen LogP contribution in [0.1, 0.15) is 49.3 Å². The van der Waals surface area contributed by atoms with E-state index in [1.807, 2.05) is 6.07 Å². The Balaban J connectivity index is 1.37. The third-order valence-electron chi connectivity index (χ3n) is 9.03. The number of fused-ring (bicyclic) bond motifs is 2. The summed E-state index contributed by atoms with van der Waals surface area (Å²) >= 11 is 0. The SMILES string of the molecule is C[C@]12c3cc(O)ccc3C[C@@]13CC(CC1CC1)[C@H]3[C@H]2NS(=O)(=O)c1cccc(C(F)(F)F)c1. The number of rotatable bonds is 5. The molecular weight excluding hydrogens is 451 g/mol. The van der Waals surface area contributed by atoms with E-state index in [0.717, 1.165) is 42.5 Å². The van der Waals surface area contributed by atoms with E-state index in [0.29, 0.717) is 17.9 Å². The summed E-state index contributed by atoms with van der Waals surface area (Å²) in [6, 6.07) is 8.83. The number of benzene rings is 2. The van der Waals surface area contributed by atoms with Gasteiger partial charge in [-0.05, 0) is 83.9 Å². The highest BCUT2D eigenvalue weighted by Gasteiger charge is 2.79. The van der Waals surface area contributed by atoms with Gasteiger partial charge in [0.15, 0.2) is 0 Å². The zero-order chi connectivity index (χ0) is 23.4. The van der Waals surface area contributed by atoms with Crippen molar-refractivity contribution < 1.29 is 26.7 Å². The zero-order valence-corrected chi connectivity index (χ0v) is 19.0. The van der Waals surface area contributed by atoms with E-state index in [9.17, 15) is 26.7 Å². The van der Waals surface area contributed by atoms with Gasteiger partial charge in [-0.25, -0.2) is 13.1 Å². The van der Waals surface area contributed by atoms with Crippen molar-refractivity contribution in [3.05, 3.63) is 59.2 Å². The summed E-state index contributed by atoms with van der Waals surface area (Å²) < 4.78 is 69.0. The van der Waals surface area contributed by atoms with Crippen molar-refractivity contribution in [2.24, 2.45) is 23.2 Å². The van der Waals surface area contributed by atoms with Gasteiger partial charge in [0.2, 0.25) is 10.0 Å². The molecular formula is C25H26F3NO3S. The van der Waals surface area contributed by atoms with Crippen molar-refractivity contribution >= 4 is 10.0 Å². The number of aromatic hydroxyl groups is 1. The summed E-state index contributed by atoms with van der Waals surface area (Å²) in [4.78, 5) is -0.370. The fourth-order valence-electron chi connectivity index (χ4n) is 7.37. The Morgan fingerprint density at radius 3 is 2.61 bits per heavy atom. The number of phenols is 1. The van der Waals surface area contributed by atoms with Gasteiger partial charge in [0.25, 0.3) is 0 Å². The third kappa shape index (κ3) is 2.89. The Kier molecular flexibility index (Phi) is 4.25. The van der Waals surface area contributed by atoms with Crippen molar-refractivity contribution in [3.63, 3.8) is 0 Å². The molecule has 5 atom stereocenters. The van der Waals surface area contributed by atoms with Gasteiger partial charge < -0.3 is 5.11 Å². The molecule has 0 aromatic heterocycles. The van der Waals surface area contributed by atoms with Crippen LogP contribution in [0.4, 0.5) is 13.2 Å². The molecule has 0 bridgehead atoms. The van der Waals surface area contributed by atoms with Crippen LogP contribution >= 0.6 is 0 Å². The van der Waals surface area contributed by atoms with Crippen LogP contribution in [-0.4, -0.2) is 19.6 Å². The summed E-state index contributed by atoms with van der Waals surface area (Å²) in [6.07, 6.45) is 0.805. The number of hydrogen-bond donors (Lipinski definition) is 2. The van der Waals surface area contributed by atoms with Gasteiger partial charge in [-0.3, -0.25) is 0 Å². The maximum absolute atomic E-state index is 13.3. The molecule has 3 saturated carbocycles. The van der Waals surface area contributed by atoms with E-state index in [-0.39, 0.29) is 22.0 Å².